The minimum atomic E-state index is -0.569. The van der Waals surface area contributed by atoms with Crippen LogP contribution in [0.5, 0.6) is 0 Å². The predicted octanol–water partition coefficient (Wildman–Crippen LogP) is 3.45. The van der Waals surface area contributed by atoms with E-state index < -0.39 is 11.6 Å². The molecule has 0 heterocycles. The first-order valence-electron chi connectivity index (χ1n) is 2.83. The van der Waals surface area contributed by atoms with Gasteiger partial charge in [0.2, 0.25) is 0 Å². The van der Waals surface area contributed by atoms with Gasteiger partial charge in [-0.3, -0.25) is 0 Å². The van der Waals surface area contributed by atoms with Gasteiger partial charge in [0.1, 0.15) is 11.6 Å². The Hall–Kier alpha value is -0.0900. The van der Waals surface area contributed by atoms with E-state index in [1.807, 2.05) is 0 Å². The van der Waals surface area contributed by atoms with Crippen molar-refractivity contribution in [3.8, 4) is 0 Å². The van der Waals surface area contributed by atoms with Gasteiger partial charge in [-0.05, 0) is 28.3 Å². The van der Waals surface area contributed by atoms with Crippen molar-refractivity contribution >= 4 is 27.7 Å². The van der Waals surface area contributed by atoms with E-state index in [1.165, 1.54) is 17.8 Å². The van der Waals surface area contributed by atoms with E-state index in [4.69, 9.17) is 0 Å². The van der Waals surface area contributed by atoms with Crippen molar-refractivity contribution in [2.24, 2.45) is 0 Å². The highest BCUT2D eigenvalue weighted by atomic mass is 79.9. The van der Waals surface area contributed by atoms with Crippen LogP contribution >= 0.6 is 27.7 Å². The summed E-state index contributed by atoms with van der Waals surface area (Å²) in [6.45, 7) is 0. The molecule has 1 aromatic rings. The molecule has 0 N–H and O–H groups in total. The zero-order valence-corrected chi connectivity index (χ0v) is 8.10. The fourth-order valence-electron chi connectivity index (χ4n) is 0.661. The van der Waals surface area contributed by atoms with Crippen LogP contribution in [0.1, 0.15) is 0 Å². The molecule has 0 atom stereocenters. The maximum atomic E-state index is 12.7. The maximum Gasteiger partial charge on any atom is 0.140 e. The molecule has 0 saturated carbocycles. The quantitative estimate of drug-likeness (QED) is 0.534. The second-order valence-electron chi connectivity index (χ2n) is 1.90. The Labute approximate surface area is 76.1 Å². The lowest BCUT2D eigenvalue weighted by atomic mass is 10.3. The number of hydrogen-bond acceptors (Lipinski definition) is 1. The van der Waals surface area contributed by atoms with Crippen molar-refractivity contribution in [3.05, 3.63) is 28.2 Å². The van der Waals surface area contributed by atoms with Crippen molar-refractivity contribution in [2.75, 3.05) is 6.26 Å². The smallest absolute Gasteiger partial charge is 0.140 e. The van der Waals surface area contributed by atoms with Crippen LogP contribution in [0.4, 0.5) is 8.78 Å². The Morgan fingerprint density at radius 1 is 1.27 bits per heavy atom. The van der Waals surface area contributed by atoms with E-state index in [0.717, 1.165) is 6.07 Å². The molecule has 11 heavy (non-hydrogen) atoms. The Kier molecular flexibility index (Phi) is 2.90. The molecule has 0 aliphatic rings. The van der Waals surface area contributed by atoms with Crippen molar-refractivity contribution in [3.63, 3.8) is 0 Å². The number of thioether (sulfide) groups is 1. The van der Waals surface area contributed by atoms with Crippen molar-refractivity contribution in [1.29, 1.82) is 0 Å². The maximum absolute atomic E-state index is 12.7. The Balaban J connectivity index is 3.21. The monoisotopic (exact) mass is 238 g/mol. The van der Waals surface area contributed by atoms with E-state index in [2.05, 4.69) is 15.9 Å². The SMILES string of the molecule is CSc1cc(Br)c(F)cc1F. The Bertz CT molecular complexity index is 275. The van der Waals surface area contributed by atoms with Gasteiger partial charge in [0.15, 0.2) is 0 Å². The molecule has 1 aromatic carbocycles. The standard InChI is InChI=1S/C7H5BrF2S/c1-11-7-2-4(8)5(9)3-6(7)10/h2-3H,1H3. The van der Waals surface area contributed by atoms with Gasteiger partial charge in [0, 0.05) is 11.0 Å². The molecular weight excluding hydrogens is 234 g/mol. The second kappa shape index (κ2) is 3.54. The highest BCUT2D eigenvalue weighted by Crippen LogP contribution is 2.25. The summed E-state index contributed by atoms with van der Waals surface area (Å²) in [6.07, 6.45) is 1.74. The van der Waals surface area contributed by atoms with Crippen LogP contribution in [0.15, 0.2) is 21.5 Å². The highest BCUT2D eigenvalue weighted by Gasteiger charge is 2.06. The first kappa shape index (κ1) is 9.00. The minimum absolute atomic E-state index is 0.295. The lowest BCUT2D eigenvalue weighted by Crippen LogP contribution is -1.84. The van der Waals surface area contributed by atoms with E-state index in [0.29, 0.717) is 9.37 Å². The van der Waals surface area contributed by atoms with Gasteiger partial charge in [-0.15, -0.1) is 11.8 Å². The summed E-state index contributed by atoms with van der Waals surface area (Å²) in [4.78, 5) is 0.443. The fraction of sp³-hybridized carbons (Fsp3) is 0.143. The summed E-state index contributed by atoms with van der Waals surface area (Å²) in [5.41, 5.74) is 0. The van der Waals surface area contributed by atoms with Crippen LogP contribution in [-0.2, 0) is 0 Å². The Morgan fingerprint density at radius 2 is 1.91 bits per heavy atom. The van der Waals surface area contributed by atoms with Crippen LogP contribution in [-0.4, -0.2) is 6.26 Å². The fourth-order valence-corrected chi connectivity index (χ4v) is 1.65. The molecule has 0 radical (unpaired) electrons. The largest absolute Gasteiger partial charge is 0.206 e. The van der Waals surface area contributed by atoms with Gasteiger partial charge in [-0.1, -0.05) is 0 Å². The zero-order valence-electron chi connectivity index (χ0n) is 5.70. The molecule has 0 nitrogen and oxygen atoms in total. The van der Waals surface area contributed by atoms with Crippen LogP contribution in [0.3, 0.4) is 0 Å². The third-order valence-electron chi connectivity index (χ3n) is 1.19. The molecule has 60 valence electrons. The molecule has 0 aliphatic carbocycles. The van der Waals surface area contributed by atoms with E-state index in [-0.39, 0.29) is 0 Å². The lowest BCUT2D eigenvalue weighted by Gasteiger charge is -1.99. The molecular formula is C7H5BrF2S. The van der Waals surface area contributed by atoms with Gasteiger partial charge in [-0.2, -0.15) is 0 Å². The van der Waals surface area contributed by atoms with Gasteiger partial charge in [0.05, 0.1) is 4.47 Å². The molecule has 0 amide bonds. The van der Waals surface area contributed by atoms with E-state index >= 15 is 0 Å². The molecule has 0 spiro atoms. The Morgan fingerprint density at radius 3 is 2.45 bits per heavy atom. The third kappa shape index (κ3) is 1.93. The molecule has 1 rings (SSSR count). The molecule has 4 heteroatoms. The number of rotatable bonds is 1. The van der Waals surface area contributed by atoms with Crippen LogP contribution in [0.2, 0.25) is 0 Å². The number of hydrogen-bond donors (Lipinski definition) is 0. The van der Waals surface area contributed by atoms with Crippen LogP contribution in [0.25, 0.3) is 0 Å². The van der Waals surface area contributed by atoms with Crippen LogP contribution < -0.4 is 0 Å². The van der Waals surface area contributed by atoms with E-state index in [9.17, 15) is 8.78 Å². The topological polar surface area (TPSA) is 0 Å². The van der Waals surface area contributed by atoms with Crippen molar-refractivity contribution < 1.29 is 8.78 Å². The first-order chi connectivity index (χ1) is 5.15. The summed E-state index contributed by atoms with van der Waals surface area (Å²) in [7, 11) is 0. The number of benzene rings is 1. The number of halogens is 3. The molecule has 0 saturated heterocycles. The second-order valence-corrected chi connectivity index (χ2v) is 3.60. The van der Waals surface area contributed by atoms with Gasteiger partial charge < -0.3 is 0 Å². The predicted molar refractivity (Wildman–Crippen MR) is 45.8 cm³/mol. The van der Waals surface area contributed by atoms with Crippen LogP contribution in [0, 0.1) is 11.6 Å². The molecule has 0 fully saturated rings. The average molecular weight is 239 g/mol. The van der Waals surface area contributed by atoms with Crippen molar-refractivity contribution in [2.45, 2.75) is 4.90 Å². The van der Waals surface area contributed by atoms with E-state index in [1.54, 1.807) is 6.26 Å². The first-order valence-corrected chi connectivity index (χ1v) is 4.85. The molecule has 0 aliphatic heterocycles. The third-order valence-corrected chi connectivity index (χ3v) is 2.56. The summed E-state index contributed by atoms with van der Waals surface area (Å²) >= 11 is 4.21. The zero-order chi connectivity index (χ0) is 8.43. The minimum Gasteiger partial charge on any atom is -0.206 e. The average Bonchev–Trinajstić information content (AvgIpc) is 1.97. The normalized spacial score (nSPS) is 10.2. The summed E-state index contributed by atoms with van der Waals surface area (Å²) in [5.74, 6) is -1.08. The highest BCUT2D eigenvalue weighted by molar-refractivity contribution is 9.10. The molecule has 0 unspecified atom stereocenters. The molecule has 0 aromatic heterocycles. The summed E-state index contributed by atoms with van der Waals surface area (Å²) in [6, 6.07) is 2.30. The summed E-state index contributed by atoms with van der Waals surface area (Å²) < 4.78 is 25.6. The van der Waals surface area contributed by atoms with Gasteiger partial charge >= 0.3 is 0 Å². The summed E-state index contributed by atoms with van der Waals surface area (Å²) in [5, 5.41) is 0. The lowest BCUT2D eigenvalue weighted by molar-refractivity contribution is 0.562. The van der Waals surface area contributed by atoms with Gasteiger partial charge in [-0.25, -0.2) is 8.78 Å². The van der Waals surface area contributed by atoms with Crippen molar-refractivity contribution in [1.82, 2.24) is 0 Å². The van der Waals surface area contributed by atoms with Gasteiger partial charge in [0.25, 0.3) is 0 Å². The molecule has 0 bridgehead atoms.